The first-order valence-electron chi connectivity index (χ1n) is 13.4. The molecule has 0 saturated carbocycles. The summed E-state index contributed by atoms with van der Waals surface area (Å²) < 4.78 is 0. The minimum absolute atomic E-state index is 0.0217. The van der Waals surface area contributed by atoms with Gasteiger partial charge in [0, 0.05) is 37.2 Å². The lowest BCUT2D eigenvalue weighted by atomic mass is 10.2. The Morgan fingerprint density at radius 1 is 0.590 bits per heavy atom. The van der Waals surface area contributed by atoms with E-state index in [4.69, 9.17) is 5.11 Å². The highest BCUT2D eigenvalue weighted by Crippen LogP contribution is 2.54. The van der Waals surface area contributed by atoms with Crippen LogP contribution in [0.2, 0.25) is 0 Å². The average molecular weight is 554 g/mol. The van der Waals surface area contributed by atoms with Crippen LogP contribution < -0.4 is 21.2 Å². The van der Waals surface area contributed by atoms with Crippen molar-refractivity contribution in [3.63, 3.8) is 0 Å². The summed E-state index contributed by atoms with van der Waals surface area (Å²) in [6.45, 7) is 1.37. The Morgan fingerprint density at radius 3 is 1.23 bits per heavy atom. The highest BCUT2D eigenvalue weighted by atomic mass is 31.1. The molecule has 4 aromatic carbocycles. The fraction of sp³-hybridized carbons (Fsp3) is 0.212. The molecular weight excluding hydrogens is 520 g/mol. The molecule has 0 spiro atoms. The molecule has 0 bridgehead atoms. The van der Waals surface area contributed by atoms with Crippen molar-refractivity contribution >= 4 is 48.9 Å². The van der Waals surface area contributed by atoms with E-state index in [0.29, 0.717) is 19.5 Å². The number of aliphatic carboxylic acids is 1. The van der Waals surface area contributed by atoms with Gasteiger partial charge in [-0.05, 0) is 43.5 Å². The Hall–Kier alpha value is -3.32. The third kappa shape index (κ3) is 6.64. The number of hydrogen-bond acceptors (Lipinski definition) is 2. The lowest BCUT2D eigenvalue weighted by Crippen LogP contribution is -2.34. The fourth-order valence-corrected chi connectivity index (χ4v) is 11.9. The molecule has 6 heteroatoms. The molecule has 1 amide bonds. The molecule has 1 aliphatic rings. The van der Waals surface area contributed by atoms with Crippen molar-refractivity contribution < 1.29 is 14.7 Å². The third-order valence-corrected chi connectivity index (χ3v) is 13.2. The number of carboxylic acid groups (broad SMARTS) is 1. The van der Waals surface area contributed by atoms with E-state index in [1.54, 1.807) is 0 Å². The molecule has 2 atom stereocenters. The Balaban J connectivity index is 1.59. The largest absolute Gasteiger partial charge is 0.481 e. The van der Waals surface area contributed by atoms with Crippen molar-refractivity contribution in [3.8, 4) is 0 Å². The summed E-state index contributed by atoms with van der Waals surface area (Å²) in [5.74, 6) is -0.788. The summed E-state index contributed by atoms with van der Waals surface area (Å²) in [7, 11) is -1.50. The van der Waals surface area contributed by atoms with Gasteiger partial charge in [0.05, 0.1) is 0 Å². The number of benzene rings is 4. The third-order valence-electron chi connectivity index (χ3n) is 7.19. The molecule has 1 fully saturated rings. The molecule has 0 radical (unpaired) electrons. The van der Waals surface area contributed by atoms with E-state index >= 15 is 0 Å². The molecule has 198 valence electrons. The van der Waals surface area contributed by atoms with Crippen LogP contribution in [0.5, 0.6) is 0 Å². The zero-order valence-corrected chi connectivity index (χ0v) is 23.6. The summed E-state index contributed by atoms with van der Waals surface area (Å²) in [5, 5.41) is 14.4. The molecule has 39 heavy (non-hydrogen) atoms. The van der Waals surface area contributed by atoms with Crippen LogP contribution in [0.25, 0.3) is 0 Å². The van der Waals surface area contributed by atoms with Crippen molar-refractivity contribution in [2.45, 2.75) is 30.6 Å². The zero-order chi connectivity index (χ0) is 27.0. The molecule has 1 N–H and O–H groups in total. The van der Waals surface area contributed by atoms with Gasteiger partial charge in [-0.1, -0.05) is 121 Å². The molecule has 1 heterocycles. The van der Waals surface area contributed by atoms with Gasteiger partial charge in [0.25, 0.3) is 0 Å². The van der Waals surface area contributed by atoms with Gasteiger partial charge in [-0.15, -0.1) is 0 Å². The monoisotopic (exact) mass is 553 g/mol. The van der Waals surface area contributed by atoms with Crippen LogP contribution in [-0.2, 0) is 9.59 Å². The zero-order valence-electron chi connectivity index (χ0n) is 21.8. The number of hydrogen-bond donors (Lipinski definition) is 1. The van der Waals surface area contributed by atoms with Crippen LogP contribution in [0.4, 0.5) is 0 Å². The molecule has 4 aromatic rings. The fourth-order valence-electron chi connectivity index (χ4n) is 5.45. The van der Waals surface area contributed by atoms with Gasteiger partial charge < -0.3 is 10.0 Å². The number of carbonyl (C=O) groups excluding carboxylic acids is 1. The molecule has 1 aliphatic heterocycles. The van der Waals surface area contributed by atoms with Crippen molar-refractivity contribution in [2.75, 3.05) is 13.1 Å². The first-order chi connectivity index (χ1) is 19.1. The number of carboxylic acids is 1. The van der Waals surface area contributed by atoms with Crippen LogP contribution in [0.3, 0.4) is 0 Å². The number of rotatable bonds is 10. The maximum absolute atomic E-state index is 13.5. The van der Waals surface area contributed by atoms with Gasteiger partial charge in [0.2, 0.25) is 5.91 Å². The molecular formula is C33H33NO3P2. The lowest BCUT2D eigenvalue weighted by molar-refractivity contribution is -0.137. The van der Waals surface area contributed by atoms with E-state index in [2.05, 4.69) is 121 Å². The summed E-state index contributed by atoms with van der Waals surface area (Å²) in [4.78, 5) is 26.6. The number of nitrogens with zero attached hydrogens (tertiary/aromatic N) is 1. The number of amides is 1. The normalized spacial score (nSPS) is 17.0. The first-order valence-corrected chi connectivity index (χ1v) is 16.2. The first kappa shape index (κ1) is 27.3. The van der Waals surface area contributed by atoms with E-state index in [9.17, 15) is 9.59 Å². The van der Waals surface area contributed by atoms with Crippen molar-refractivity contribution in [3.05, 3.63) is 121 Å². The predicted octanol–water partition coefficient (Wildman–Crippen LogP) is 5.09. The quantitative estimate of drug-likeness (QED) is 0.279. The minimum atomic E-state index is -0.853. The van der Waals surface area contributed by atoms with Crippen LogP contribution in [0.15, 0.2) is 121 Å². The predicted molar refractivity (Wildman–Crippen MR) is 164 cm³/mol. The second kappa shape index (κ2) is 13.2. The molecule has 4 nitrogen and oxygen atoms in total. The van der Waals surface area contributed by atoms with Crippen LogP contribution in [0, 0.1) is 0 Å². The Morgan fingerprint density at radius 2 is 0.923 bits per heavy atom. The molecule has 0 aliphatic carbocycles. The standard InChI is InChI=1S/C33H33NO3P2/c35-32(22-13-23-33(36)37)34-24-30(38(26-14-5-1-6-15-26)27-16-7-2-8-17-27)31(25-34)39(28-18-9-3-10-19-28)29-20-11-4-12-21-29/h1-12,14-21,30-31H,13,22-25H2,(H,36,37)/t30-,31-/m1/s1. The van der Waals surface area contributed by atoms with Gasteiger partial charge >= 0.3 is 5.97 Å². The highest BCUT2D eigenvalue weighted by Gasteiger charge is 2.45. The lowest BCUT2D eigenvalue weighted by Gasteiger charge is -2.34. The van der Waals surface area contributed by atoms with E-state index in [-0.39, 0.29) is 30.1 Å². The number of likely N-dealkylation sites (tertiary alicyclic amines) is 1. The summed E-state index contributed by atoms with van der Waals surface area (Å²) in [5.41, 5.74) is 0.527. The van der Waals surface area contributed by atoms with E-state index in [1.807, 2.05) is 4.90 Å². The molecule has 0 aromatic heterocycles. The molecule has 5 rings (SSSR count). The summed E-state index contributed by atoms with van der Waals surface area (Å²) in [6.07, 6.45) is 0.668. The molecule has 0 unspecified atom stereocenters. The maximum Gasteiger partial charge on any atom is 0.303 e. The maximum atomic E-state index is 13.5. The van der Waals surface area contributed by atoms with Crippen molar-refractivity contribution in [1.82, 2.24) is 4.90 Å². The minimum Gasteiger partial charge on any atom is -0.481 e. The SMILES string of the molecule is O=C(O)CCCC(=O)N1C[C@@H](P(c2ccccc2)c2ccccc2)[C@H](P(c2ccccc2)c2ccccc2)C1. The van der Waals surface area contributed by atoms with Crippen LogP contribution in [-0.4, -0.2) is 46.3 Å². The average Bonchev–Trinajstić information content (AvgIpc) is 3.40. The highest BCUT2D eigenvalue weighted by molar-refractivity contribution is 7.77. The van der Waals surface area contributed by atoms with E-state index in [0.717, 1.165) is 0 Å². The van der Waals surface area contributed by atoms with Gasteiger partial charge in [-0.25, -0.2) is 0 Å². The number of carbonyl (C=O) groups is 2. The Bertz CT molecular complexity index is 1180. The van der Waals surface area contributed by atoms with Crippen molar-refractivity contribution in [1.29, 1.82) is 0 Å². The smallest absolute Gasteiger partial charge is 0.303 e. The summed E-state index contributed by atoms with van der Waals surface area (Å²) in [6, 6.07) is 43.1. The second-order valence-electron chi connectivity index (χ2n) is 9.76. The topological polar surface area (TPSA) is 57.6 Å². The van der Waals surface area contributed by atoms with Crippen molar-refractivity contribution in [2.24, 2.45) is 0 Å². The Labute approximate surface area is 233 Å². The molecule has 1 saturated heterocycles. The van der Waals surface area contributed by atoms with Crippen LogP contribution in [0.1, 0.15) is 19.3 Å². The van der Waals surface area contributed by atoms with Gasteiger partial charge in [0.15, 0.2) is 0 Å². The van der Waals surface area contributed by atoms with Gasteiger partial charge in [-0.3, -0.25) is 9.59 Å². The van der Waals surface area contributed by atoms with E-state index in [1.165, 1.54) is 21.2 Å². The van der Waals surface area contributed by atoms with Gasteiger partial charge in [0.1, 0.15) is 0 Å². The second-order valence-corrected chi connectivity index (χ2v) is 14.6. The van der Waals surface area contributed by atoms with Gasteiger partial charge in [-0.2, -0.15) is 0 Å². The van der Waals surface area contributed by atoms with E-state index < -0.39 is 21.8 Å². The summed E-state index contributed by atoms with van der Waals surface area (Å²) >= 11 is 0. The Kier molecular flexibility index (Phi) is 9.19. The van der Waals surface area contributed by atoms with Crippen LogP contribution >= 0.6 is 15.8 Å².